The van der Waals surface area contributed by atoms with Crippen molar-refractivity contribution in [1.82, 2.24) is 4.98 Å². The Morgan fingerprint density at radius 3 is 2.38 bits per heavy atom. The van der Waals surface area contributed by atoms with Crippen molar-refractivity contribution in [3.63, 3.8) is 0 Å². The summed E-state index contributed by atoms with van der Waals surface area (Å²) in [6.45, 7) is 5.99. The van der Waals surface area contributed by atoms with Gasteiger partial charge in [-0.15, -0.1) is 24.8 Å². The van der Waals surface area contributed by atoms with Gasteiger partial charge < -0.3 is 16.0 Å². The largest absolute Gasteiger partial charge is 0.357 e. The fourth-order valence-corrected chi connectivity index (χ4v) is 2.12. The highest BCUT2D eigenvalue weighted by molar-refractivity contribution is 5.94. The van der Waals surface area contributed by atoms with Gasteiger partial charge in [-0.05, 0) is 30.9 Å². The van der Waals surface area contributed by atoms with Crippen LogP contribution in [0.25, 0.3) is 0 Å². The molecule has 1 unspecified atom stereocenters. The molecule has 1 aliphatic heterocycles. The summed E-state index contributed by atoms with van der Waals surface area (Å²) in [5, 5.41) is 2.80. The van der Waals surface area contributed by atoms with Crippen molar-refractivity contribution in [3.05, 3.63) is 18.3 Å². The third kappa shape index (κ3) is 5.34. The molecule has 120 valence electrons. The molecule has 0 bridgehead atoms. The van der Waals surface area contributed by atoms with Crippen molar-refractivity contribution in [3.8, 4) is 0 Å². The summed E-state index contributed by atoms with van der Waals surface area (Å²) in [7, 11) is 0. The predicted molar refractivity (Wildman–Crippen MR) is 91.6 cm³/mol. The van der Waals surface area contributed by atoms with E-state index in [1.807, 2.05) is 26.0 Å². The number of pyridine rings is 1. The van der Waals surface area contributed by atoms with Crippen LogP contribution in [0.5, 0.6) is 0 Å². The standard InChI is InChI=1S/C14H22N4O.2ClH/c1-10(2)13(15)14(19)17-11-5-6-12(16-9-11)18-7-3-4-8-18;;/h5-6,9-10,13H,3-4,7-8,15H2,1-2H3,(H,17,19);2*1H. The Morgan fingerprint density at radius 1 is 1.29 bits per heavy atom. The van der Waals surface area contributed by atoms with Crippen LogP contribution in [0.1, 0.15) is 26.7 Å². The highest BCUT2D eigenvalue weighted by Gasteiger charge is 2.18. The molecule has 3 N–H and O–H groups in total. The highest BCUT2D eigenvalue weighted by atomic mass is 35.5. The van der Waals surface area contributed by atoms with E-state index in [0.29, 0.717) is 5.69 Å². The summed E-state index contributed by atoms with van der Waals surface area (Å²) in [5.41, 5.74) is 6.49. The highest BCUT2D eigenvalue weighted by Crippen LogP contribution is 2.19. The van der Waals surface area contributed by atoms with Gasteiger partial charge in [-0.2, -0.15) is 0 Å². The zero-order chi connectivity index (χ0) is 13.8. The minimum atomic E-state index is -0.488. The topological polar surface area (TPSA) is 71.2 Å². The monoisotopic (exact) mass is 334 g/mol. The maximum atomic E-state index is 11.8. The summed E-state index contributed by atoms with van der Waals surface area (Å²) in [4.78, 5) is 18.5. The third-order valence-corrected chi connectivity index (χ3v) is 3.47. The number of halogens is 2. The molecule has 5 nitrogen and oxygen atoms in total. The molecule has 2 heterocycles. The second-order valence-electron chi connectivity index (χ2n) is 5.36. The normalized spacial score (nSPS) is 15.1. The van der Waals surface area contributed by atoms with Gasteiger partial charge in [0.1, 0.15) is 5.82 Å². The van der Waals surface area contributed by atoms with Gasteiger partial charge in [0, 0.05) is 13.1 Å². The van der Waals surface area contributed by atoms with Crippen LogP contribution >= 0.6 is 24.8 Å². The first-order valence-electron chi connectivity index (χ1n) is 6.85. The SMILES string of the molecule is CC(C)C(N)C(=O)Nc1ccc(N2CCCC2)nc1.Cl.Cl. The number of nitrogens with two attached hydrogens (primary N) is 1. The lowest BCUT2D eigenvalue weighted by molar-refractivity contribution is -0.118. The van der Waals surface area contributed by atoms with Gasteiger partial charge in [-0.25, -0.2) is 4.98 Å². The number of carbonyl (C=O) groups is 1. The molecule has 21 heavy (non-hydrogen) atoms. The summed E-state index contributed by atoms with van der Waals surface area (Å²) >= 11 is 0. The van der Waals surface area contributed by atoms with Crippen LogP contribution in [0.4, 0.5) is 11.5 Å². The van der Waals surface area contributed by atoms with Gasteiger partial charge in [0.25, 0.3) is 0 Å². The summed E-state index contributed by atoms with van der Waals surface area (Å²) in [5.74, 6) is 0.936. The molecule has 0 radical (unpaired) electrons. The van der Waals surface area contributed by atoms with Gasteiger partial charge >= 0.3 is 0 Å². The average Bonchev–Trinajstić information content (AvgIpc) is 2.92. The molecule has 7 heteroatoms. The number of anilines is 2. The van der Waals surface area contributed by atoms with E-state index in [1.54, 1.807) is 6.20 Å². The molecular weight excluding hydrogens is 311 g/mol. The maximum absolute atomic E-state index is 11.8. The lowest BCUT2D eigenvalue weighted by Crippen LogP contribution is -2.39. The van der Waals surface area contributed by atoms with Crippen LogP contribution in [0, 0.1) is 5.92 Å². The van der Waals surface area contributed by atoms with E-state index in [-0.39, 0.29) is 36.6 Å². The zero-order valence-electron chi connectivity index (χ0n) is 12.4. The van der Waals surface area contributed by atoms with Gasteiger partial charge in [0.05, 0.1) is 17.9 Å². The van der Waals surface area contributed by atoms with Crippen LogP contribution in [0.15, 0.2) is 18.3 Å². The molecular formula is C14H24Cl2N4O. The second-order valence-corrected chi connectivity index (χ2v) is 5.36. The Kier molecular flexibility index (Phi) is 8.63. The molecule has 0 saturated carbocycles. The van der Waals surface area contributed by atoms with Crippen molar-refractivity contribution >= 4 is 42.2 Å². The molecule has 1 aromatic heterocycles. The Bertz CT molecular complexity index is 433. The first-order chi connectivity index (χ1) is 9.08. The van der Waals surface area contributed by atoms with Crippen molar-refractivity contribution in [1.29, 1.82) is 0 Å². The van der Waals surface area contributed by atoms with Gasteiger partial charge in [0.2, 0.25) is 5.91 Å². The number of carbonyl (C=O) groups excluding carboxylic acids is 1. The van der Waals surface area contributed by atoms with E-state index < -0.39 is 6.04 Å². The molecule has 1 aromatic rings. The molecule has 0 aliphatic carbocycles. The summed E-state index contributed by atoms with van der Waals surface area (Å²) < 4.78 is 0. The minimum absolute atomic E-state index is 0. The number of rotatable bonds is 4. The van der Waals surface area contributed by atoms with E-state index in [9.17, 15) is 4.79 Å². The van der Waals surface area contributed by atoms with Gasteiger partial charge in [-0.3, -0.25) is 4.79 Å². The van der Waals surface area contributed by atoms with Crippen LogP contribution in [-0.2, 0) is 4.79 Å². The van der Waals surface area contributed by atoms with Crippen LogP contribution in [-0.4, -0.2) is 30.0 Å². The molecule has 1 amide bonds. The van der Waals surface area contributed by atoms with E-state index in [4.69, 9.17) is 5.73 Å². The Hall–Kier alpha value is -1.04. The first kappa shape index (κ1) is 20.0. The van der Waals surface area contributed by atoms with Crippen molar-refractivity contribution in [2.45, 2.75) is 32.7 Å². The lowest BCUT2D eigenvalue weighted by atomic mass is 10.1. The summed E-state index contributed by atoms with van der Waals surface area (Å²) in [6.07, 6.45) is 4.14. The Labute approximate surface area is 138 Å². The van der Waals surface area contributed by atoms with Crippen molar-refractivity contribution < 1.29 is 4.79 Å². The number of nitrogens with one attached hydrogen (secondary N) is 1. The number of amides is 1. The van der Waals surface area contributed by atoms with Crippen LogP contribution < -0.4 is 16.0 Å². The van der Waals surface area contributed by atoms with E-state index in [2.05, 4.69) is 15.2 Å². The van der Waals surface area contributed by atoms with Crippen molar-refractivity contribution in [2.24, 2.45) is 11.7 Å². The lowest BCUT2D eigenvalue weighted by Gasteiger charge is -2.17. The fourth-order valence-electron chi connectivity index (χ4n) is 2.12. The Balaban J connectivity index is 0.00000200. The molecule has 1 saturated heterocycles. The molecule has 0 aromatic carbocycles. The molecule has 2 rings (SSSR count). The van der Waals surface area contributed by atoms with E-state index in [0.717, 1.165) is 18.9 Å². The fraction of sp³-hybridized carbons (Fsp3) is 0.571. The molecule has 1 atom stereocenters. The van der Waals surface area contributed by atoms with Gasteiger partial charge in [0.15, 0.2) is 0 Å². The maximum Gasteiger partial charge on any atom is 0.241 e. The third-order valence-electron chi connectivity index (χ3n) is 3.47. The number of hydrogen-bond acceptors (Lipinski definition) is 4. The van der Waals surface area contributed by atoms with E-state index >= 15 is 0 Å². The predicted octanol–water partition coefficient (Wildman–Crippen LogP) is 2.45. The van der Waals surface area contributed by atoms with Crippen LogP contribution in [0.2, 0.25) is 0 Å². The van der Waals surface area contributed by atoms with Gasteiger partial charge in [-0.1, -0.05) is 13.8 Å². The zero-order valence-corrected chi connectivity index (χ0v) is 14.0. The molecule has 0 spiro atoms. The first-order valence-corrected chi connectivity index (χ1v) is 6.85. The van der Waals surface area contributed by atoms with Crippen molar-refractivity contribution in [2.75, 3.05) is 23.3 Å². The average molecular weight is 335 g/mol. The minimum Gasteiger partial charge on any atom is -0.357 e. The summed E-state index contributed by atoms with van der Waals surface area (Å²) in [6, 6.07) is 3.34. The quantitative estimate of drug-likeness (QED) is 0.887. The van der Waals surface area contributed by atoms with Crippen LogP contribution in [0.3, 0.4) is 0 Å². The van der Waals surface area contributed by atoms with E-state index in [1.165, 1.54) is 12.8 Å². The number of nitrogens with zero attached hydrogens (tertiary/aromatic N) is 2. The smallest absolute Gasteiger partial charge is 0.241 e. The number of hydrogen-bond donors (Lipinski definition) is 2. The Morgan fingerprint density at radius 2 is 1.90 bits per heavy atom. The molecule has 1 aliphatic rings. The number of aromatic nitrogens is 1. The second kappa shape index (κ2) is 9.07. The molecule has 1 fully saturated rings.